The molecule has 1 aromatic carbocycles. The summed E-state index contributed by atoms with van der Waals surface area (Å²) >= 11 is 1.71. The molecule has 25 heavy (non-hydrogen) atoms. The monoisotopic (exact) mass is 360 g/mol. The van der Waals surface area contributed by atoms with Gasteiger partial charge >= 0.3 is 5.97 Å². The molecule has 0 spiro atoms. The van der Waals surface area contributed by atoms with Crippen molar-refractivity contribution in [3.8, 4) is 5.75 Å². The van der Waals surface area contributed by atoms with Crippen LogP contribution in [0.3, 0.4) is 0 Å². The van der Waals surface area contributed by atoms with E-state index < -0.39 is 5.97 Å². The van der Waals surface area contributed by atoms with E-state index in [1.165, 1.54) is 10.4 Å². The van der Waals surface area contributed by atoms with E-state index in [4.69, 9.17) is 9.84 Å². The van der Waals surface area contributed by atoms with Gasteiger partial charge in [0.1, 0.15) is 12.4 Å². The van der Waals surface area contributed by atoms with Gasteiger partial charge in [0, 0.05) is 4.88 Å². The van der Waals surface area contributed by atoms with Gasteiger partial charge in [-0.3, -0.25) is 4.79 Å². The number of carboxylic acids is 1. The Labute approximate surface area is 154 Å². The van der Waals surface area contributed by atoms with Crippen molar-refractivity contribution < 1.29 is 14.6 Å². The van der Waals surface area contributed by atoms with E-state index in [9.17, 15) is 4.79 Å². The SMILES string of the molecule is CCCC(CCCCCc1ccc(OCc2cccs2)cc1)C(=O)O. The van der Waals surface area contributed by atoms with Gasteiger partial charge in [-0.15, -0.1) is 11.3 Å². The number of rotatable bonds is 12. The number of aliphatic carboxylic acids is 1. The van der Waals surface area contributed by atoms with Crippen molar-refractivity contribution in [3.05, 3.63) is 52.2 Å². The predicted molar refractivity (Wildman–Crippen MR) is 103 cm³/mol. The van der Waals surface area contributed by atoms with Crippen molar-refractivity contribution in [1.29, 1.82) is 0 Å². The number of carboxylic acid groups (broad SMARTS) is 1. The summed E-state index contributed by atoms with van der Waals surface area (Å²) in [5, 5.41) is 11.2. The van der Waals surface area contributed by atoms with Crippen LogP contribution in [0.4, 0.5) is 0 Å². The molecule has 2 aromatic rings. The molecule has 0 aliphatic rings. The lowest BCUT2D eigenvalue weighted by atomic mass is 9.96. The summed E-state index contributed by atoms with van der Waals surface area (Å²) in [6, 6.07) is 12.4. The highest BCUT2D eigenvalue weighted by Gasteiger charge is 2.15. The fraction of sp³-hybridized carbons (Fsp3) is 0.476. The topological polar surface area (TPSA) is 46.5 Å². The van der Waals surface area contributed by atoms with E-state index in [0.717, 1.165) is 50.7 Å². The zero-order valence-corrected chi connectivity index (χ0v) is 15.8. The van der Waals surface area contributed by atoms with E-state index in [1.54, 1.807) is 11.3 Å². The van der Waals surface area contributed by atoms with Crippen LogP contribution in [0.15, 0.2) is 41.8 Å². The third-order valence-corrected chi connectivity index (χ3v) is 5.24. The number of ether oxygens (including phenoxy) is 1. The van der Waals surface area contributed by atoms with Crippen LogP contribution in [0, 0.1) is 5.92 Å². The van der Waals surface area contributed by atoms with Gasteiger partial charge in [-0.1, -0.05) is 44.4 Å². The maximum atomic E-state index is 11.1. The quantitative estimate of drug-likeness (QED) is 0.477. The molecule has 0 saturated heterocycles. The maximum absolute atomic E-state index is 11.1. The Morgan fingerprint density at radius 1 is 1.12 bits per heavy atom. The third-order valence-electron chi connectivity index (χ3n) is 4.39. The molecule has 0 radical (unpaired) electrons. The van der Waals surface area contributed by atoms with Crippen molar-refractivity contribution in [2.75, 3.05) is 0 Å². The van der Waals surface area contributed by atoms with E-state index in [0.29, 0.717) is 6.61 Å². The van der Waals surface area contributed by atoms with Crippen molar-refractivity contribution in [2.45, 2.75) is 58.5 Å². The Kier molecular flexibility index (Phi) is 8.53. The standard InChI is InChI=1S/C21H28O3S/c1-2-7-18(21(22)23)9-5-3-4-8-17-11-13-19(14-12-17)24-16-20-10-6-15-25-20/h6,10-15,18H,2-5,7-9,16H2,1H3,(H,22,23). The molecular formula is C21H28O3S. The van der Waals surface area contributed by atoms with E-state index >= 15 is 0 Å². The Hall–Kier alpha value is -1.81. The van der Waals surface area contributed by atoms with Crippen LogP contribution in [-0.4, -0.2) is 11.1 Å². The van der Waals surface area contributed by atoms with Gasteiger partial charge < -0.3 is 9.84 Å². The van der Waals surface area contributed by atoms with Crippen molar-refractivity contribution >= 4 is 17.3 Å². The Morgan fingerprint density at radius 2 is 1.92 bits per heavy atom. The normalized spacial score (nSPS) is 12.0. The van der Waals surface area contributed by atoms with E-state index in [1.807, 2.05) is 25.1 Å². The van der Waals surface area contributed by atoms with Crippen LogP contribution in [-0.2, 0) is 17.8 Å². The second-order valence-electron chi connectivity index (χ2n) is 6.44. The first kappa shape index (κ1) is 19.5. The number of hydrogen-bond donors (Lipinski definition) is 1. The Morgan fingerprint density at radius 3 is 2.56 bits per heavy atom. The number of unbranched alkanes of at least 4 members (excludes halogenated alkanes) is 2. The summed E-state index contributed by atoms with van der Waals surface area (Å²) in [4.78, 5) is 12.4. The minimum atomic E-state index is -0.639. The Bertz CT molecular complexity index is 605. The summed E-state index contributed by atoms with van der Waals surface area (Å²) in [6.45, 7) is 2.67. The number of benzene rings is 1. The molecule has 0 aliphatic carbocycles. The summed E-state index contributed by atoms with van der Waals surface area (Å²) in [5.41, 5.74) is 1.31. The van der Waals surface area contributed by atoms with Crippen LogP contribution >= 0.6 is 11.3 Å². The zero-order valence-electron chi connectivity index (χ0n) is 14.9. The molecule has 1 atom stereocenters. The van der Waals surface area contributed by atoms with Crippen LogP contribution < -0.4 is 4.74 Å². The molecule has 3 nitrogen and oxygen atoms in total. The maximum Gasteiger partial charge on any atom is 0.306 e. The van der Waals surface area contributed by atoms with Crippen molar-refractivity contribution in [2.24, 2.45) is 5.92 Å². The predicted octanol–water partition coefficient (Wildman–Crippen LogP) is 5.93. The molecule has 4 heteroatoms. The molecule has 0 saturated carbocycles. The molecule has 0 fully saturated rings. The van der Waals surface area contributed by atoms with Crippen LogP contribution in [0.2, 0.25) is 0 Å². The largest absolute Gasteiger partial charge is 0.488 e. The van der Waals surface area contributed by atoms with Gasteiger partial charge in [0.15, 0.2) is 0 Å². The molecule has 1 N–H and O–H groups in total. The number of aryl methyl sites for hydroxylation is 1. The molecule has 1 unspecified atom stereocenters. The third kappa shape index (κ3) is 7.30. The summed E-state index contributed by atoms with van der Waals surface area (Å²) in [6.07, 6.45) is 6.77. The minimum Gasteiger partial charge on any atom is -0.488 e. The van der Waals surface area contributed by atoms with Gasteiger partial charge in [-0.25, -0.2) is 0 Å². The second kappa shape index (κ2) is 10.9. The molecule has 1 heterocycles. The first-order valence-corrected chi connectivity index (χ1v) is 10.0. The minimum absolute atomic E-state index is 0.162. The van der Waals surface area contributed by atoms with E-state index in [2.05, 4.69) is 23.6 Å². The first-order valence-electron chi connectivity index (χ1n) is 9.16. The Balaban J connectivity index is 1.63. The van der Waals surface area contributed by atoms with Gasteiger partial charge in [0.2, 0.25) is 0 Å². The fourth-order valence-electron chi connectivity index (χ4n) is 2.94. The summed E-state index contributed by atoms with van der Waals surface area (Å²) < 4.78 is 5.77. The molecule has 0 amide bonds. The van der Waals surface area contributed by atoms with Crippen LogP contribution in [0.5, 0.6) is 5.75 Å². The lowest BCUT2D eigenvalue weighted by Gasteiger charge is -2.10. The van der Waals surface area contributed by atoms with E-state index in [-0.39, 0.29) is 5.92 Å². The molecule has 2 rings (SSSR count). The van der Waals surface area contributed by atoms with Crippen molar-refractivity contribution in [1.82, 2.24) is 0 Å². The molecule has 0 bridgehead atoms. The number of carbonyl (C=O) groups is 1. The summed E-state index contributed by atoms with van der Waals surface area (Å²) in [7, 11) is 0. The van der Waals surface area contributed by atoms with Gasteiger partial charge in [0.25, 0.3) is 0 Å². The average Bonchev–Trinajstić information content (AvgIpc) is 3.13. The van der Waals surface area contributed by atoms with Crippen LogP contribution in [0.1, 0.15) is 55.9 Å². The number of thiophene rings is 1. The van der Waals surface area contributed by atoms with Crippen LogP contribution in [0.25, 0.3) is 0 Å². The molecule has 0 aliphatic heterocycles. The van der Waals surface area contributed by atoms with Gasteiger partial charge in [0.05, 0.1) is 5.92 Å². The second-order valence-corrected chi connectivity index (χ2v) is 7.47. The molecule has 136 valence electrons. The average molecular weight is 361 g/mol. The number of hydrogen-bond acceptors (Lipinski definition) is 3. The first-order chi connectivity index (χ1) is 12.2. The zero-order chi connectivity index (χ0) is 17.9. The molecular weight excluding hydrogens is 332 g/mol. The highest BCUT2D eigenvalue weighted by atomic mass is 32.1. The summed E-state index contributed by atoms with van der Waals surface area (Å²) in [5.74, 6) is 0.103. The van der Waals surface area contributed by atoms with Gasteiger partial charge in [-0.2, -0.15) is 0 Å². The highest BCUT2D eigenvalue weighted by molar-refractivity contribution is 7.09. The van der Waals surface area contributed by atoms with Crippen molar-refractivity contribution in [3.63, 3.8) is 0 Å². The highest BCUT2D eigenvalue weighted by Crippen LogP contribution is 2.19. The van der Waals surface area contributed by atoms with Gasteiger partial charge in [-0.05, 0) is 54.8 Å². The lowest BCUT2D eigenvalue weighted by molar-refractivity contribution is -0.142. The molecule has 1 aromatic heterocycles. The smallest absolute Gasteiger partial charge is 0.306 e. The lowest BCUT2D eigenvalue weighted by Crippen LogP contribution is -2.13. The fourth-order valence-corrected chi connectivity index (χ4v) is 3.55.